The number of carbonyl (C=O) groups is 3. The molecule has 5 unspecified atom stereocenters. The van der Waals surface area contributed by atoms with Crippen LogP contribution in [0.2, 0.25) is 0 Å². The van der Waals surface area contributed by atoms with Crippen molar-refractivity contribution in [2.75, 3.05) is 39.6 Å². The van der Waals surface area contributed by atoms with E-state index in [1.807, 2.05) is 0 Å². The molecule has 0 fully saturated rings. The maximum absolute atomic E-state index is 13.0. The van der Waals surface area contributed by atoms with Crippen molar-refractivity contribution in [1.82, 2.24) is 0 Å². The molecule has 16 nitrogen and oxygen atoms in total. The van der Waals surface area contributed by atoms with Crippen molar-refractivity contribution >= 4 is 33.6 Å². The zero-order valence-corrected chi connectivity index (χ0v) is 77.5. The Balaban J connectivity index is 4.46. The Kier molecular flexibility index (Phi) is 89.1. The number of aliphatic hydroxyl groups excluding tert-OH is 2. The molecule has 0 aromatic carbocycles. The number of allylic oxidation sites excluding steroid dienone is 24. The fraction of sp³-hybridized carbons (Fsp3) is 0.733. The third kappa shape index (κ3) is 94.0. The molecule has 0 aromatic heterocycles. The summed E-state index contributed by atoms with van der Waals surface area (Å²) in [6.07, 6.45) is 118. The summed E-state index contributed by atoms with van der Waals surface area (Å²) in [5.74, 6) is -1.59. The molecule has 18 heteroatoms. The average Bonchev–Trinajstić information content (AvgIpc) is 0.898. The lowest BCUT2D eigenvalue weighted by Crippen LogP contribution is -2.30. The molecule has 0 bridgehead atoms. The molecule has 5 atom stereocenters. The van der Waals surface area contributed by atoms with Crippen LogP contribution in [0.15, 0.2) is 146 Å². The van der Waals surface area contributed by atoms with E-state index in [-0.39, 0.29) is 19.3 Å². The summed E-state index contributed by atoms with van der Waals surface area (Å²) in [5, 5.41) is 20.7. The van der Waals surface area contributed by atoms with Gasteiger partial charge in [-0.05, 0) is 148 Å². The number of esters is 3. The molecule has 0 aliphatic carbocycles. The van der Waals surface area contributed by atoms with Gasteiger partial charge in [0.1, 0.15) is 25.4 Å². The van der Waals surface area contributed by atoms with Crippen LogP contribution in [0.1, 0.15) is 419 Å². The van der Waals surface area contributed by atoms with Crippen LogP contribution < -0.4 is 0 Å². The molecule has 0 aliphatic heterocycles. The van der Waals surface area contributed by atoms with Crippen LogP contribution in [-0.4, -0.2) is 95.9 Å². The molecule has 686 valence electrons. The van der Waals surface area contributed by atoms with Crippen LogP contribution in [0, 0.1) is 0 Å². The molecule has 0 rings (SSSR count). The Hall–Kier alpha value is -4.57. The van der Waals surface area contributed by atoms with Crippen molar-refractivity contribution in [3.63, 3.8) is 0 Å². The van der Waals surface area contributed by atoms with Crippen molar-refractivity contribution in [3.05, 3.63) is 146 Å². The molecular formula is C101H176O16P2. The lowest BCUT2D eigenvalue weighted by molar-refractivity contribution is -0.161. The average molecular weight is 1710 g/mol. The van der Waals surface area contributed by atoms with Gasteiger partial charge in [0.25, 0.3) is 0 Å². The highest BCUT2D eigenvalue weighted by molar-refractivity contribution is 7.47. The van der Waals surface area contributed by atoms with Gasteiger partial charge in [-0.1, -0.05) is 398 Å². The van der Waals surface area contributed by atoms with Crippen molar-refractivity contribution in [3.8, 4) is 0 Å². The highest BCUT2D eigenvalue weighted by atomic mass is 31.2. The third-order valence-electron chi connectivity index (χ3n) is 20.5. The van der Waals surface area contributed by atoms with Gasteiger partial charge in [-0.3, -0.25) is 32.5 Å². The second-order valence-electron chi connectivity index (χ2n) is 32.1. The van der Waals surface area contributed by atoms with E-state index in [1.54, 1.807) is 0 Å². The molecule has 119 heavy (non-hydrogen) atoms. The van der Waals surface area contributed by atoms with Gasteiger partial charge in [-0.2, -0.15) is 0 Å². The maximum Gasteiger partial charge on any atom is 0.472 e. The van der Waals surface area contributed by atoms with E-state index < -0.39 is 91.5 Å². The number of hydrogen-bond acceptors (Lipinski definition) is 14. The summed E-state index contributed by atoms with van der Waals surface area (Å²) in [6, 6.07) is 0. The summed E-state index contributed by atoms with van der Waals surface area (Å²) in [5.41, 5.74) is 0. The summed E-state index contributed by atoms with van der Waals surface area (Å²) in [6.45, 7) is 2.54. The van der Waals surface area contributed by atoms with Gasteiger partial charge in [-0.25, -0.2) is 9.13 Å². The molecule has 0 saturated heterocycles. The van der Waals surface area contributed by atoms with E-state index in [0.717, 1.165) is 128 Å². The highest BCUT2D eigenvalue weighted by Gasteiger charge is 2.30. The first-order chi connectivity index (χ1) is 58.2. The second-order valence-corrected chi connectivity index (χ2v) is 35.0. The zero-order chi connectivity index (χ0) is 86.5. The van der Waals surface area contributed by atoms with E-state index in [9.17, 15) is 43.5 Å². The Morgan fingerprint density at radius 1 is 0.244 bits per heavy atom. The first-order valence-electron chi connectivity index (χ1n) is 48.1. The van der Waals surface area contributed by atoms with E-state index in [1.165, 1.54) is 231 Å². The minimum atomic E-state index is -4.95. The molecule has 0 saturated carbocycles. The summed E-state index contributed by atoms with van der Waals surface area (Å²) in [4.78, 5) is 59.0. The van der Waals surface area contributed by atoms with Crippen LogP contribution in [0.25, 0.3) is 0 Å². The molecule has 0 amide bonds. The van der Waals surface area contributed by atoms with Crippen molar-refractivity contribution < 1.29 is 75.8 Å². The number of aliphatic hydroxyl groups is 2. The van der Waals surface area contributed by atoms with Crippen LogP contribution in [0.5, 0.6) is 0 Å². The lowest BCUT2D eigenvalue weighted by atomic mass is 10.0. The monoisotopic (exact) mass is 1710 g/mol. The molecule has 0 spiro atoms. The standard InChI is InChI=1S/C101H176O16P2/c1-4-7-10-13-16-19-22-25-28-31-33-35-37-39-41-43-45-46-47-48-50-52-53-55-57-59-61-64-66-69-72-75-78-81-84-87-99(104)111-90-96(102)91-113-118(107,108)114-92-97(103)93-115-119(109,110)116-95-98(117-101(106)89-86-83-80-77-74-71-68-63-30-27-24-21-18-15-12-9-6-3)94-112-100(105)88-85-82-79-76-73-70-67-65-62-60-58-56-54-51-49-44-42-40-38-36-34-32-29-26-23-20-17-14-11-8-5-2/h9,12,16-21,25-30,33-36,39-42,68,71,96-98,102-103H,4-8,10-11,13-15,22-24,31-32,37-38,43-67,69-70,72-95H2,1-3H3,(H,107,108)(H,109,110)/b12-9-,19-16-,20-17-,21-18-,28-25-,29-26-,30-27-,35-33-,36-34-,41-39-,42-40-,71-68-. The Bertz CT molecular complexity index is 2740. The molecule has 0 radical (unpaired) electrons. The quantitative estimate of drug-likeness (QED) is 0.0146. The molecule has 0 aliphatic rings. The first-order valence-corrected chi connectivity index (χ1v) is 51.1. The predicted molar refractivity (Wildman–Crippen MR) is 500 cm³/mol. The van der Waals surface area contributed by atoms with Crippen molar-refractivity contribution in [2.24, 2.45) is 0 Å². The van der Waals surface area contributed by atoms with Crippen LogP contribution in [-0.2, 0) is 55.8 Å². The Labute approximate surface area is 728 Å². The van der Waals surface area contributed by atoms with Gasteiger partial charge in [-0.15, -0.1) is 0 Å². The Morgan fingerprint density at radius 2 is 0.445 bits per heavy atom. The van der Waals surface area contributed by atoms with Gasteiger partial charge >= 0.3 is 33.6 Å². The van der Waals surface area contributed by atoms with Gasteiger partial charge < -0.3 is 34.2 Å². The fourth-order valence-electron chi connectivity index (χ4n) is 13.2. The number of phosphoric acid groups is 2. The van der Waals surface area contributed by atoms with Crippen molar-refractivity contribution in [1.29, 1.82) is 0 Å². The summed E-state index contributed by atoms with van der Waals surface area (Å²) < 4.78 is 61.5. The predicted octanol–water partition coefficient (Wildman–Crippen LogP) is 29.9. The SMILES string of the molecule is CC/C=C\C/C=C\C/C=C\C/C=C\CCCCCCC(=O)OC(COC(=O)CCCCCCCCCCCCCCCCC/C=C\C/C=C\C/C=C\C/C=C\CCCCC)COP(=O)(O)OCC(O)COP(=O)(O)OCC(O)COC(=O)CCCCCCCCCCCCCCCCCCCCC/C=C\C/C=C\C/C=C\C/C=C\CCCCC. The highest BCUT2D eigenvalue weighted by Crippen LogP contribution is 2.45. The minimum absolute atomic E-state index is 0.0751. The molecule has 0 heterocycles. The lowest BCUT2D eigenvalue weighted by Gasteiger charge is -2.21. The maximum atomic E-state index is 13.0. The largest absolute Gasteiger partial charge is 0.472 e. The number of unbranched alkanes of at least 4 members (excludes halogenated alkanes) is 44. The fourth-order valence-corrected chi connectivity index (χ4v) is 14.8. The second kappa shape index (κ2) is 92.6. The molecule has 0 aromatic rings. The van der Waals surface area contributed by atoms with E-state index in [0.29, 0.717) is 19.3 Å². The van der Waals surface area contributed by atoms with Gasteiger partial charge in [0.15, 0.2) is 6.10 Å². The van der Waals surface area contributed by atoms with E-state index in [2.05, 4.69) is 167 Å². The van der Waals surface area contributed by atoms with Gasteiger partial charge in [0.2, 0.25) is 0 Å². The number of hydrogen-bond donors (Lipinski definition) is 4. The van der Waals surface area contributed by atoms with E-state index in [4.69, 9.17) is 32.3 Å². The Morgan fingerprint density at radius 3 is 0.706 bits per heavy atom. The van der Waals surface area contributed by atoms with Crippen LogP contribution in [0.4, 0.5) is 0 Å². The number of phosphoric ester groups is 2. The smallest absolute Gasteiger partial charge is 0.463 e. The molecule has 4 N–H and O–H groups in total. The van der Waals surface area contributed by atoms with Gasteiger partial charge in [0.05, 0.1) is 26.4 Å². The zero-order valence-electron chi connectivity index (χ0n) is 75.8. The topological polar surface area (TPSA) is 231 Å². The van der Waals surface area contributed by atoms with Crippen LogP contribution in [0.3, 0.4) is 0 Å². The first kappa shape index (κ1) is 114. The van der Waals surface area contributed by atoms with E-state index >= 15 is 0 Å². The number of ether oxygens (including phenoxy) is 3. The molecular weight excluding hydrogens is 1530 g/mol. The number of rotatable bonds is 91. The normalized spacial score (nSPS) is 14.4. The minimum Gasteiger partial charge on any atom is -0.463 e. The van der Waals surface area contributed by atoms with Crippen molar-refractivity contribution in [2.45, 2.75) is 437 Å². The third-order valence-corrected chi connectivity index (χ3v) is 22.4. The summed E-state index contributed by atoms with van der Waals surface area (Å²) >= 11 is 0. The number of carbonyl (C=O) groups excluding carboxylic acids is 3. The van der Waals surface area contributed by atoms with Crippen LogP contribution >= 0.6 is 15.6 Å². The summed E-state index contributed by atoms with van der Waals surface area (Å²) in [7, 11) is -9.81. The van der Waals surface area contributed by atoms with Gasteiger partial charge in [0, 0.05) is 19.3 Å².